The summed E-state index contributed by atoms with van der Waals surface area (Å²) in [4.78, 5) is 0.734. The van der Waals surface area contributed by atoms with Gasteiger partial charge in [0.1, 0.15) is 18.1 Å². The number of rotatable bonds is 6. The number of hydrogen-bond donors (Lipinski definition) is 0. The fraction of sp³-hybridized carbons (Fsp3) is 0.353. The van der Waals surface area contributed by atoms with Crippen molar-refractivity contribution in [2.45, 2.75) is 24.7 Å². The monoisotopic (exact) mass is 408 g/mol. The van der Waals surface area contributed by atoms with Crippen LogP contribution in [-0.4, -0.2) is 19.0 Å². The summed E-state index contributed by atoms with van der Waals surface area (Å²) in [6.07, 6.45) is -7.67. The Morgan fingerprint density at radius 3 is 2.30 bits per heavy atom. The molecule has 0 aliphatic heterocycles. The molecule has 0 radical (unpaired) electrons. The van der Waals surface area contributed by atoms with Gasteiger partial charge in [-0.3, -0.25) is 0 Å². The minimum Gasteiger partial charge on any atom is -0.463 e. The highest BCUT2D eigenvalue weighted by atomic mass is 32.2. The minimum atomic E-state index is -4.86. The highest BCUT2D eigenvalue weighted by Gasteiger charge is 2.36. The molecular weight excluding hydrogens is 394 g/mol. The zero-order chi connectivity index (χ0) is 20.2. The van der Waals surface area contributed by atoms with Crippen molar-refractivity contribution in [1.82, 2.24) is 0 Å². The molecule has 1 heterocycles. The van der Waals surface area contributed by atoms with Crippen molar-refractivity contribution in [3.05, 3.63) is 53.0 Å². The third-order valence-corrected chi connectivity index (χ3v) is 4.09. The predicted molar refractivity (Wildman–Crippen MR) is 89.2 cm³/mol. The molecule has 0 atom stereocenters. The Labute approximate surface area is 155 Å². The number of furan rings is 1. The van der Waals surface area contributed by atoms with Crippen LogP contribution in [0.15, 0.2) is 34.7 Å². The molecule has 0 aliphatic rings. The molecule has 0 aliphatic carbocycles. The van der Waals surface area contributed by atoms with Crippen LogP contribution in [0.5, 0.6) is 0 Å². The Morgan fingerprint density at radius 2 is 1.74 bits per heavy atom. The van der Waals surface area contributed by atoms with Crippen LogP contribution in [-0.2, 0) is 18.5 Å². The van der Waals surface area contributed by atoms with Crippen molar-refractivity contribution in [2.24, 2.45) is 0 Å². The van der Waals surface area contributed by atoms with E-state index in [4.69, 9.17) is 9.68 Å². The van der Waals surface area contributed by atoms with Gasteiger partial charge in [-0.2, -0.15) is 43.4 Å². The van der Waals surface area contributed by atoms with E-state index in [0.29, 0.717) is 17.6 Å². The first-order chi connectivity index (χ1) is 12.5. The van der Waals surface area contributed by atoms with Crippen LogP contribution in [0.1, 0.15) is 22.6 Å². The molecule has 2 rings (SSSR count). The Hall–Kier alpha value is -2.28. The molecule has 1 aromatic carbocycles. The maximum absolute atomic E-state index is 13.1. The van der Waals surface area contributed by atoms with Crippen molar-refractivity contribution in [1.29, 1.82) is 5.26 Å². The minimum absolute atomic E-state index is 0.196. The predicted octanol–water partition coefficient (Wildman–Crippen LogP) is 5.60. The molecule has 0 saturated carbocycles. The lowest BCUT2D eigenvalue weighted by Gasteiger charge is -2.26. The number of anilines is 1. The highest BCUT2D eigenvalue weighted by molar-refractivity contribution is 7.97. The Bertz CT molecular complexity index is 822. The van der Waals surface area contributed by atoms with Gasteiger partial charge in [0.2, 0.25) is 0 Å². The summed E-state index contributed by atoms with van der Waals surface area (Å²) in [5.74, 6) is 1.27. The summed E-state index contributed by atoms with van der Waals surface area (Å²) in [5.41, 5.74) is -2.24. The number of nitriles is 1. The van der Waals surface area contributed by atoms with Gasteiger partial charge in [0.25, 0.3) is 0 Å². The van der Waals surface area contributed by atoms with Gasteiger partial charge in [-0.15, -0.1) is 0 Å². The molecule has 10 heteroatoms. The maximum atomic E-state index is 13.1. The smallest absolute Gasteiger partial charge is 0.417 e. The largest absolute Gasteiger partial charge is 0.463 e. The van der Waals surface area contributed by atoms with Crippen LogP contribution in [0, 0.1) is 11.3 Å². The lowest BCUT2D eigenvalue weighted by atomic mass is 10.1. The molecule has 0 spiro atoms. The molecule has 27 heavy (non-hydrogen) atoms. The van der Waals surface area contributed by atoms with E-state index < -0.39 is 30.0 Å². The van der Waals surface area contributed by atoms with Crippen LogP contribution < -0.4 is 4.90 Å². The van der Waals surface area contributed by atoms with Gasteiger partial charge < -0.3 is 9.32 Å². The summed E-state index contributed by atoms with van der Waals surface area (Å²) < 4.78 is 83.6. The Balaban J connectivity index is 2.40. The van der Waals surface area contributed by atoms with Crippen molar-refractivity contribution in [2.75, 3.05) is 17.7 Å². The fourth-order valence-corrected chi connectivity index (χ4v) is 2.87. The average Bonchev–Trinajstić information content (AvgIpc) is 2.99. The van der Waals surface area contributed by atoms with Crippen molar-refractivity contribution in [3.8, 4) is 6.07 Å². The van der Waals surface area contributed by atoms with E-state index in [0.717, 1.165) is 17.0 Å². The van der Waals surface area contributed by atoms with Crippen LogP contribution in [0.2, 0.25) is 0 Å². The number of halogens is 6. The normalized spacial score (nSPS) is 12.1. The summed E-state index contributed by atoms with van der Waals surface area (Å²) in [6, 6.07) is 6.98. The second-order valence-electron chi connectivity index (χ2n) is 5.61. The third kappa shape index (κ3) is 5.85. The molecule has 0 saturated heterocycles. The number of nitrogens with zero attached hydrogens (tertiary/aromatic N) is 2. The summed E-state index contributed by atoms with van der Waals surface area (Å²) in [7, 11) is 0. The first-order valence-electron chi connectivity index (χ1n) is 7.53. The standard InChI is InChI=1S/C17H14F6N2OS/c1-27-9-14-5-4-13(26-14)8-25(10-16(18,19)20)12-3-2-11(7-24)15(6-12)17(21,22)23/h2-6H,8-10H2,1H3. The molecule has 3 nitrogen and oxygen atoms in total. The first kappa shape index (κ1) is 21.0. The van der Waals surface area contributed by atoms with Crippen LogP contribution >= 0.6 is 11.8 Å². The Morgan fingerprint density at radius 1 is 1.07 bits per heavy atom. The van der Waals surface area contributed by atoms with E-state index >= 15 is 0 Å². The quantitative estimate of drug-likeness (QED) is 0.583. The highest BCUT2D eigenvalue weighted by Crippen LogP contribution is 2.35. The average molecular weight is 408 g/mol. The first-order valence-corrected chi connectivity index (χ1v) is 8.92. The fourth-order valence-electron chi connectivity index (χ4n) is 2.43. The van der Waals surface area contributed by atoms with E-state index in [1.54, 1.807) is 6.07 Å². The zero-order valence-corrected chi connectivity index (χ0v) is 14.8. The molecule has 1 aromatic heterocycles. The van der Waals surface area contributed by atoms with Gasteiger partial charge in [-0.1, -0.05) is 0 Å². The lowest BCUT2D eigenvalue weighted by Crippen LogP contribution is -2.34. The molecule has 0 fully saturated rings. The molecule has 2 aromatic rings. The molecular formula is C17H14F6N2OS. The van der Waals surface area contributed by atoms with Gasteiger partial charge in [-0.05, 0) is 36.6 Å². The topological polar surface area (TPSA) is 40.2 Å². The number of thioether (sulfide) groups is 1. The van der Waals surface area contributed by atoms with E-state index in [1.165, 1.54) is 23.9 Å². The van der Waals surface area contributed by atoms with Crippen LogP contribution in [0.3, 0.4) is 0 Å². The summed E-state index contributed by atoms with van der Waals surface area (Å²) >= 11 is 1.46. The molecule has 0 bridgehead atoms. The van der Waals surface area contributed by atoms with E-state index in [2.05, 4.69) is 0 Å². The number of alkyl halides is 6. The Kier molecular flexibility index (Phi) is 6.36. The van der Waals surface area contributed by atoms with Gasteiger partial charge in [0.15, 0.2) is 0 Å². The summed E-state index contributed by atoms with van der Waals surface area (Å²) in [6.45, 7) is -1.83. The van der Waals surface area contributed by atoms with E-state index in [1.807, 2.05) is 6.26 Å². The second kappa shape index (κ2) is 8.17. The van der Waals surface area contributed by atoms with Crippen LogP contribution in [0.25, 0.3) is 0 Å². The van der Waals surface area contributed by atoms with Crippen LogP contribution in [0.4, 0.5) is 32.0 Å². The summed E-state index contributed by atoms with van der Waals surface area (Å²) in [5, 5.41) is 8.83. The van der Waals surface area contributed by atoms with Crippen molar-refractivity contribution < 1.29 is 30.8 Å². The molecule has 0 N–H and O–H groups in total. The maximum Gasteiger partial charge on any atom is 0.417 e. The van der Waals surface area contributed by atoms with Gasteiger partial charge in [0, 0.05) is 5.69 Å². The lowest BCUT2D eigenvalue weighted by molar-refractivity contribution is -0.137. The SMILES string of the molecule is CSCc1ccc(CN(CC(F)(F)F)c2ccc(C#N)c(C(F)(F)F)c2)o1. The number of benzene rings is 1. The van der Waals surface area contributed by atoms with Crippen molar-refractivity contribution >= 4 is 17.4 Å². The zero-order valence-electron chi connectivity index (χ0n) is 14.0. The molecule has 146 valence electrons. The molecule has 0 unspecified atom stereocenters. The number of hydrogen-bond acceptors (Lipinski definition) is 4. The van der Waals surface area contributed by atoms with Crippen molar-refractivity contribution in [3.63, 3.8) is 0 Å². The van der Waals surface area contributed by atoms with E-state index in [-0.39, 0.29) is 18.0 Å². The van der Waals surface area contributed by atoms with E-state index in [9.17, 15) is 26.3 Å². The van der Waals surface area contributed by atoms with Gasteiger partial charge in [0.05, 0.1) is 29.5 Å². The van der Waals surface area contributed by atoms with Gasteiger partial charge >= 0.3 is 12.4 Å². The van der Waals surface area contributed by atoms with Gasteiger partial charge in [-0.25, -0.2) is 0 Å². The molecule has 0 amide bonds. The second-order valence-corrected chi connectivity index (χ2v) is 6.48. The third-order valence-electron chi connectivity index (χ3n) is 3.51.